The van der Waals surface area contributed by atoms with Gasteiger partial charge in [0.15, 0.2) is 5.65 Å². The van der Waals surface area contributed by atoms with Crippen molar-refractivity contribution in [2.24, 2.45) is 0 Å². The van der Waals surface area contributed by atoms with Gasteiger partial charge in [-0.25, -0.2) is 15.0 Å². The van der Waals surface area contributed by atoms with Crippen molar-refractivity contribution in [1.82, 2.24) is 30.1 Å². The molecule has 0 saturated carbocycles. The predicted molar refractivity (Wildman–Crippen MR) is 110 cm³/mol. The largest absolute Gasteiger partial charge is 0.378 e. The monoisotopic (exact) mass is 395 g/mol. The number of fused-ring (bicyclic) bond motifs is 1. The van der Waals surface area contributed by atoms with Crippen LogP contribution in [0, 0.1) is 0 Å². The van der Waals surface area contributed by atoms with Crippen LogP contribution in [-0.4, -0.2) is 82.6 Å². The minimum absolute atomic E-state index is 0.341. The maximum absolute atomic E-state index is 5.44. The molecule has 10 nitrogen and oxygen atoms in total. The lowest BCUT2D eigenvalue weighted by atomic mass is 10.0. The van der Waals surface area contributed by atoms with Crippen LogP contribution in [0.25, 0.3) is 11.0 Å². The molecule has 3 aromatic rings. The molecule has 1 atom stereocenters. The SMILES string of the molecule is CN(c1ccnc(N2CCOCC2)n1)C1CCCN(c2ncnc3[nH]ncc23)C1. The number of hydrogen-bond acceptors (Lipinski definition) is 9. The van der Waals surface area contributed by atoms with Crippen molar-refractivity contribution in [3.8, 4) is 0 Å². The molecular formula is C19H25N9O. The van der Waals surface area contributed by atoms with Crippen molar-refractivity contribution >= 4 is 28.6 Å². The van der Waals surface area contributed by atoms with Crippen molar-refractivity contribution in [3.63, 3.8) is 0 Å². The first-order chi connectivity index (χ1) is 14.3. The Morgan fingerprint density at radius 3 is 2.93 bits per heavy atom. The number of ether oxygens (including phenoxy) is 1. The van der Waals surface area contributed by atoms with E-state index in [-0.39, 0.29) is 0 Å². The molecule has 3 aromatic heterocycles. The van der Waals surface area contributed by atoms with Crippen molar-refractivity contribution in [3.05, 3.63) is 24.8 Å². The lowest BCUT2D eigenvalue weighted by Crippen LogP contribution is -2.47. The van der Waals surface area contributed by atoms with Crippen molar-refractivity contribution < 1.29 is 4.74 Å². The lowest BCUT2D eigenvalue weighted by Gasteiger charge is -2.39. The Morgan fingerprint density at radius 2 is 2.03 bits per heavy atom. The zero-order valence-corrected chi connectivity index (χ0v) is 16.5. The molecule has 29 heavy (non-hydrogen) atoms. The van der Waals surface area contributed by atoms with Crippen LogP contribution >= 0.6 is 0 Å². The summed E-state index contributed by atoms with van der Waals surface area (Å²) in [6.45, 7) is 4.97. The smallest absolute Gasteiger partial charge is 0.227 e. The van der Waals surface area contributed by atoms with Gasteiger partial charge in [0.05, 0.1) is 24.8 Å². The van der Waals surface area contributed by atoms with Gasteiger partial charge in [-0.2, -0.15) is 10.1 Å². The molecule has 0 radical (unpaired) electrons. The molecule has 5 rings (SSSR count). The predicted octanol–water partition coefficient (Wildman–Crippen LogP) is 1.08. The molecule has 2 aliphatic rings. The zero-order chi connectivity index (χ0) is 19.6. The van der Waals surface area contributed by atoms with E-state index < -0.39 is 0 Å². The molecule has 0 amide bonds. The summed E-state index contributed by atoms with van der Waals surface area (Å²) >= 11 is 0. The number of H-pyrrole nitrogens is 1. The van der Waals surface area contributed by atoms with Gasteiger partial charge in [-0.05, 0) is 18.9 Å². The highest BCUT2D eigenvalue weighted by molar-refractivity contribution is 5.86. The third kappa shape index (κ3) is 3.55. The van der Waals surface area contributed by atoms with E-state index in [1.54, 1.807) is 12.5 Å². The Morgan fingerprint density at radius 1 is 1.14 bits per heavy atom. The van der Waals surface area contributed by atoms with E-state index in [2.05, 4.69) is 46.9 Å². The number of aromatic nitrogens is 6. The summed E-state index contributed by atoms with van der Waals surface area (Å²) in [7, 11) is 2.12. The number of piperidine rings is 1. The van der Waals surface area contributed by atoms with Gasteiger partial charge < -0.3 is 19.4 Å². The highest BCUT2D eigenvalue weighted by Crippen LogP contribution is 2.27. The average molecular weight is 395 g/mol. The van der Waals surface area contributed by atoms with Crippen LogP contribution in [0.3, 0.4) is 0 Å². The lowest BCUT2D eigenvalue weighted by molar-refractivity contribution is 0.122. The number of aromatic amines is 1. The summed E-state index contributed by atoms with van der Waals surface area (Å²) in [5.41, 5.74) is 0.774. The summed E-state index contributed by atoms with van der Waals surface area (Å²) in [5.74, 6) is 2.67. The molecule has 152 valence electrons. The molecule has 1 N–H and O–H groups in total. The number of nitrogens with zero attached hydrogens (tertiary/aromatic N) is 8. The van der Waals surface area contributed by atoms with Crippen molar-refractivity contribution in [2.45, 2.75) is 18.9 Å². The van der Waals surface area contributed by atoms with Gasteiger partial charge in [0.25, 0.3) is 0 Å². The Hall–Kier alpha value is -3.01. The average Bonchev–Trinajstić information content (AvgIpc) is 3.28. The summed E-state index contributed by atoms with van der Waals surface area (Å²) in [6, 6.07) is 2.33. The second-order valence-electron chi connectivity index (χ2n) is 7.50. The second kappa shape index (κ2) is 7.78. The quantitative estimate of drug-likeness (QED) is 0.696. The fourth-order valence-corrected chi connectivity index (χ4v) is 4.11. The van der Waals surface area contributed by atoms with Crippen LogP contribution in [-0.2, 0) is 4.74 Å². The Balaban J connectivity index is 1.35. The molecule has 0 aromatic carbocycles. The highest BCUT2D eigenvalue weighted by atomic mass is 16.5. The van der Waals surface area contributed by atoms with E-state index in [0.29, 0.717) is 6.04 Å². The van der Waals surface area contributed by atoms with Crippen LogP contribution in [0.2, 0.25) is 0 Å². The Kier molecular flexibility index (Phi) is 4.84. The van der Waals surface area contributed by atoms with Crippen LogP contribution in [0.5, 0.6) is 0 Å². The molecule has 0 aliphatic carbocycles. The van der Waals surface area contributed by atoms with E-state index in [1.165, 1.54) is 0 Å². The maximum Gasteiger partial charge on any atom is 0.227 e. The first-order valence-electron chi connectivity index (χ1n) is 10.1. The number of hydrogen-bond donors (Lipinski definition) is 1. The highest BCUT2D eigenvalue weighted by Gasteiger charge is 2.27. The Labute approximate surface area is 168 Å². The van der Waals surface area contributed by atoms with Crippen molar-refractivity contribution in [1.29, 1.82) is 0 Å². The molecule has 1 unspecified atom stereocenters. The van der Waals surface area contributed by atoms with E-state index in [0.717, 1.165) is 80.9 Å². The standard InChI is InChI=1S/C19H25N9O/c1-26(16-4-5-20-19(24-16)27-7-9-29-10-8-27)14-3-2-6-28(12-14)18-15-11-23-25-17(15)21-13-22-18/h4-5,11,13-14H,2-3,6-10,12H2,1H3,(H,21,22,23,25). The van der Waals surface area contributed by atoms with Gasteiger partial charge in [0.1, 0.15) is 18.0 Å². The van der Waals surface area contributed by atoms with Crippen molar-refractivity contribution in [2.75, 3.05) is 61.1 Å². The first-order valence-corrected chi connectivity index (χ1v) is 10.1. The van der Waals surface area contributed by atoms with E-state index in [4.69, 9.17) is 9.72 Å². The van der Waals surface area contributed by atoms with E-state index in [9.17, 15) is 0 Å². The molecule has 2 saturated heterocycles. The molecule has 10 heteroatoms. The van der Waals surface area contributed by atoms with Crippen LogP contribution in [0.4, 0.5) is 17.6 Å². The third-order valence-corrected chi connectivity index (χ3v) is 5.75. The normalized spacial score (nSPS) is 20.2. The van der Waals surface area contributed by atoms with Gasteiger partial charge in [-0.15, -0.1) is 0 Å². The van der Waals surface area contributed by atoms with Gasteiger partial charge in [0.2, 0.25) is 5.95 Å². The van der Waals surface area contributed by atoms with Crippen LogP contribution in [0.1, 0.15) is 12.8 Å². The zero-order valence-electron chi connectivity index (χ0n) is 16.5. The van der Waals surface area contributed by atoms with Crippen LogP contribution in [0.15, 0.2) is 24.8 Å². The van der Waals surface area contributed by atoms with Gasteiger partial charge >= 0.3 is 0 Å². The number of anilines is 3. The fraction of sp³-hybridized carbons (Fsp3) is 0.526. The number of likely N-dealkylation sites (N-methyl/N-ethyl adjacent to an activating group) is 1. The Bertz CT molecular complexity index is 971. The number of morpholine rings is 1. The maximum atomic E-state index is 5.44. The first kappa shape index (κ1) is 18.0. The minimum Gasteiger partial charge on any atom is -0.378 e. The summed E-state index contributed by atoms with van der Waals surface area (Å²) in [4.78, 5) is 24.9. The van der Waals surface area contributed by atoms with E-state index >= 15 is 0 Å². The molecule has 0 spiro atoms. The van der Waals surface area contributed by atoms with Gasteiger partial charge in [-0.3, -0.25) is 5.10 Å². The van der Waals surface area contributed by atoms with Gasteiger partial charge in [0, 0.05) is 45.5 Å². The summed E-state index contributed by atoms with van der Waals surface area (Å²) < 4.78 is 5.44. The van der Waals surface area contributed by atoms with Gasteiger partial charge in [-0.1, -0.05) is 0 Å². The number of nitrogens with one attached hydrogen (secondary N) is 1. The minimum atomic E-state index is 0.341. The second-order valence-corrected chi connectivity index (χ2v) is 7.50. The molecule has 2 fully saturated rings. The molecule has 0 bridgehead atoms. The number of rotatable bonds is 4. The molecule has 5 heterocycles. The van der Waals surface area contributed by atoms with E-state index in [1.807, 2.05) is 12.3 Å². The van der Waals surface area contributed by atoms with Crippen LogP contribution < -0.4 is 14.7 Å². The summed E-state index contributed by atoms with van der Waals surface area (Å²) in [6.07, 6.45) is 7.46. The molecular weight excluding hydrogens is 370 g/mol. The third-order valence-electron chi connectivity index (χ3n) is 5.75. The topological polar surface area (TPSA) is 99.2 Å². The summed E-state index contributed by atoms with van der Waals surface area (Å²) in [5, 5.41) is 8.01. The molecule has 2 aliphatic heterocycles. The fourth-order valence-electron chi connectivity index (χ4n) is 4.11.